The number of aromatic nitrogens is 4. The summed E-state index contributed by atoms with van der Waals surface area (Å²) in [5.74, 6) is 0.744. The first-order valence-corrected chi connectivity index (χ1v) is 11.2. The molecule has 32 heavy (non-hydrogen) atoms. The molecule has 1 aliphatic heterocycles. The Labute approximate surface area is 190 Å². The van der Waals surface area contributed by atoms with Gasteiger partial charge in [-0.15, -0.1) is 0 Å². The minimum absolute atomic E-state index is 0.0620. The molecule has 1 aromatic carbocycles. The first-order valence-electron chi connectivity index (χ1n) is 11.2. The minimum atomic E-state index is -0.0620. The molecule has 0 bridgehead atoms. The average Bonchev–Trinajstić information content (AvgIpc) is 3.08. The molecule has 1 saturated heterocycles. The van der Waals surface area contributed by atoms with Crippen LogP contribution in [0, 0.1) is 13.8 Å². The monoisotopic (exact) mass is 432 g/mol. The first-order chi connectivity index (χ1) is 15.4. The molecule has 0 radical (unpaired) electrons. The number of piperidine rings is 1. The van der Waals surface area contributed by atoms with Crippen molar-refractivity contribution in [2.24, 2.45) is 7.05 Å². The minimum Gasteiger partial charge on any atom is -0.345 e. The summed E-state index contributed by atoms with van der Waals surface area (Å²) < 4.78 is 1.97. The Morgan fingerprint density at radius 1 is 1.16 bits per heavy atom. The summed E-state index contributed by atoms with van der Waals surface area (Å²) in [6, 6.07) is 10.5. The van der Waals surface area contributed by atoms with Gasteiger partial charge in [0.1, 0.15) is 5.82 Å². The van der Waals surface area contributed by atoms with Gasteiger partial charge in [0.15, 0.2) is 0 Å². The summed E-state index contributed by atoms with van der Waals surface area (Å²) in [4.78, 5) is 25.9. The molecule has 7 heteroatoms. The molecule has 1 atom stereocenters. The summed E-state index contributed by atoms with van der Waals surface area (Å²) >= 11 is 0. The van der Waals surface area contributed by atoms with E-state index in [-0.39, 0.29) is 11.9 Å². The second kappa shape index (κ2) is 9.20. The molecule has 4 rings (SSSR count). The summed E-state index contributed by atoms with van der Waals surface area (Å²) in [5.41, 5.74) is 5.91. The van der Waals surface area contributed by atoms with E-state index in [0.29, 0.717) is 5.56 Å². The third-order valence-electron chi connectivity index (χ3n) is 6.41. The molecular weight excluding hydrogens is 400 g/mol. The van der Waals surface area contributed by atoms with Crippen molar-refractivity contribution in [1.82, 2.24) is 29.5 Å². The highest BCUT2D eigenvalue weighted by Crippen LogP contribution is 2.33. The Hall–Kier alpha value is -3.06. The number of rotatable bonds is 5. The zero-order valence-electron chi connectivity index (χ0n) is 19.7. The molecule has 0 N–H and O–H groups in total. The molecule has 1 amide bonds. The van der Waals surface area contributed by atoms with Crippen molar-refractivity contribution in [2.45, 2.75) is 45.7 Å². The maximum atomic E-state index is 12.4. The van der Waals surface area contributed by atoms with E-state index in [2.05, 4.69) is 41.1 Å². The second-order valence-electron chi connectivity index (χ2n) is 8.81. The Bertz CT molecular complexity index is 1110. The van der Waals surface area contributed by atoms with Gasteiger partial charge in [-0.05, 0) is 33.2 Å². The van der Waals surface area contributed by atoms with Gasteiger partial charge in [0.25, 0.3) is 5.91 Å². The van der Waals surface area contributed by atoms with Crippen LogP contribution in [0.15, 0.2) is 36.5 Å². The molecule has 1 unspecified atom stereocenters. The van der Waals surface area contributed by atoms with Gasteiger partial charge < -0.3 is 4.90 Å². The highest BCUT2D eigenvalue weighted by molar-refractivity contribution is 5.94. The zero-order valence-corrected chi connectivity index (χ0v) is 19.7. The fourth-order valence-corrected chi connectivity index (χ4v) is 4.44. The van der Waals surface area contributed by atoms with Gasteiger partial charge >= 0.3 is 0 Å². The Morgan fingerprint density at radius 3 is 2.59 bits per heavy atom. The number of amides is 1. The first kappa shape index (κ1) is 22.1. The summed E-state index contributed by atoms with van der Waals surface area (Å²) in [5, 5.41) is 4.82. The average molecular weight is 433 g/mol. The van der Waals surface area contributed by atoms with E-state index in [1.165, 1.54) is 11.3 Å². The molecule has 168 valence electrons. The van der Waals surface area contributed by atoms with Crippen molar-refractivity contribution in [2.75, 3.05) is 20.6 Å². The van der Waals surface area contributed by atoms with Crippen LogP contribution in [0.3, 0.4) is 0 Å². The number of likely N-dealkylation sites (tertiary alicyclic amines) is 1. The standard InChI is InChI=1S/C25H32N6O/c1-17-20(25(32)29(3)4)15-26-24(27-17)22-13-9-10-14-31(22)16-21-18(2)30(5)28-23(21)19-11-7-6-8-12-19/h6-8,11-12,15,22H,9-10,13-14,16H2,1-5H3. The third kappa shape index (κ3) is 4.30. The van der Waals surface area contributed by atoms with Gasteiger partial charge in [0.2, 0.25) is 0 Å². The van der Waals surface area contributed by atoms with Gasteiger partial charge in [-0.1, -0.05) is 36.8 Å². The van der Waals surface area contributed by atoms with E-state index in [4.69, 9.17) is 10.1 Å². The number of hydrogen-bond acceptors (Lipinski definition) is 5. The molecule has 0 aliphatic carbocycles. The lowest BCUT2D eigenvalue weighted by atomic mass is 9.98. The van der Waals surface area contributed by atoms with E-state index >= 15 is 0 Å². The van der Waals surface area contributed by atoms with Crippen LogP contribution in [0.25, 0.3) is 11.3 Å². The lowest BCUT2D eigenvalue weighted by molar-refractivity contribution is 0.0825. The molecule has 7 nitrogen and oxygen atoms in total. The Kier molecular flexibility index (Phi) is 6.37. The summed E-state index contributed by atoms with van der Waals surface area (Å²) in [6.07, 6.45) is 5.02. The molecule has 0 saturated carbocycles. The molecular formula is C25H32N6O. The van der Waals surface area contributed by atoms with E-state index in [0.717, 1.165) is 55.1 Å². The van der Waals surface area contributed by atoms with Crippen molar-refractivity contribution in [3.8, 4) is 11.3 Å². The highest BCUT2D eigenvalue weighted by Gasteiger charge is 2.29. The lowest BCUT2D eigenvalue weighted by Crippen LogP contribution is -2.34. The summed E-state index contributed by atoms with van der Waals surface area (Å²) in [6.45, 7) is 5.83. The van der Waals surface area contributed by atoms with Crippen molar-refractivity contribution >= 4 is 5.91 Å². The smallest absolute Gasteiger partial charge is 0.256 e. The zero-order chi connectivity index (χ0) is 22.8. The molecule has 3 heterocycles. The molecule has 1 aliphatic rings. The van der Waals surface area contributed by atoms with Crippen LogP contribution < -0.4 is 0 Å². The van der Waals surface area contributed by atoms with Crippen LogP contribution in [-0.4, -0.2) is 56.1 Å². The molecule has 0 spiro atoms. The maximum absolute atomic E-state index is 12.4. The Morgan fingerprint density at radius 2 is 1.91 bits per heavy atom. The van der Waals surface area contributed by atoms with Crippen LogP contribution >= 0.6 is 0 Å². The second-order valence-corrected chi connectivity index (χ2v) is 8.81. The van der Waals surface area contributed by atoms with Gasteiger partial charge in [-0.2, -0.15) is 5.10 Å². The van der Waals surface area contributed by atoms with Crippen molar-refractivity contribution < 1.29 is 4.79 Å². The lowest BCUT2D eigenvalue weighted by Gasteiger charge is -2.35. The SMILES string of the molecule is Cc1nc(C2CCCCN2Cc2c(-c3ccccc3)nn(C)c2C)ncc1C(=O)N(C)C. The van der Waals surface area contributed by atoms with Crippen LogP contribution in [0.1, 0.15) is 58.4 Å². The third-order valence-corrected chi connectivity index (χ3v) is 6.41. The fraction of sp³-hybridized carbons (Fsp3) is 0.440. The largest absolute Gasteiger partial charge is 0.345 e. The normalized spacial score (nSPS) is 16.8. The fourth-order valence-electron chi connectivity index (χ4n) is 4.44. The van der Waals surface area contributed by atoms with Gasteiger partial charge in [-0.25, -0.2) is 9.97 Å². The number of carbonyl (C=O) groups excluding carboxylic acids is 1. The Balaban J connectivity index is 1.65. The quantitative estimate of drug-likeness (QED) is 0.611. The molecule has 3 aromatic rings. The van der Waals surface area contributed by atoms with E-state index in [1.54, 1.807) is 25.2 Å². The summed E-state index contributed by atoms with van der Waals surface area (Å²) in [7, 11) is 5.50. The maximum Gasteiger partial charge on any atom is 0.256 e. The van der Waals surface area contributed by atoms with Crippen LogP contribution in [0.5, 0.6) is 0 Å². The number of aryl methyl sites for hydroxylation is 2. The van der Waals surface area contributed by atoms with E-state index < -0.39 is 0 Å². The van der Waals surface area contributed by atoms with Crippen LogP contribution in [0.4, 0.5) is 0 Å². The van der Waals surface area contributed by atoms with Crippen molar-refractivity contribution in [3.63, 3.8) is 0 Å². The van der Waals surface area contributed by atoms with Crippen molar-refractivity contribution in [3.05, 3.63) is 64.9 Å². The van der Waals surface area contributed by atoms with Crippen molar-refractivity contribution in [1.29, 1.82) is 0 Å². The number of hydrogen-bond donors (Lipinski definition) is 0. The molecule has 2 aromatic heterocycles. The van der Waals surface area contributed by atoms with Gasteiger partial charge in [0, 0.05) is 50.7 Å². The van der Waals surface area contributed by atoms with Crippen LogP contribution in [0.2, 0.25) is 0 Å². The predicted octanol–water partition coefficient (Wildman–Crippen LogP) is 3.92. The van der Waals surface area contributed by atoms with E-state index in [1.807, 2.05) is 24.7 Å². The van der Waals surface area contributed by atoms with Gasteiger partial charge in [-0.3, -0.25) is 14.4 Å². The number of benzene rings is 1. The number of nitrogens with zero attached hydrogens (tertiary/aromatic N) is 6. The van der Waals surface area contributed by atoms with Crippen LogP contribution in [-0.2, 0) is 13.6 Å². The van der Waals surface area contributed by atoms with Gasteiger partial charge in [0.05, 0.1) is 23.0 Å². The topological polar surface area (TPSA) is 67.2 Å². The van der Waals surface area contributed by atoms with E-state index in [9.17, 15) is 4.79 Å². The highest BCUT2D eigenvalue weighted by atomic mass is 16.2. The molecule has 1 fully saturated rings. The number of carbonyl (C=O) groups is 1. The predicted molar refractivity (Wildman–Crippen MR) is 125 cm³/mol.